The monoisotopic (exact) mass is 263 g/mol. The van der Waals surface area contributed by atoms with Crippen LogP contribution in [0.2, 0.25) is 0 Å². The highest BCUT2D eigenvalue weighted by Crippen LogP contribution is 2.37. The van der Waals surface area contributed by atoms with Crippen LogP contribution in [0.1, 0.15) is 43.0 Å². The van der Waals surface area contributed by atoms with Crippen LogP contribution in [0.25, 0.3) is 10.1 Å². The smallest absolute Gasteiger partial charge is 0.124 e. The van der Waals surface area contributed by atoms with Gasteiger partial charge < -0.3 is 5.32 Å². The summed E-state index contributed by atoms with van der Waals surface area (Å²) in [4.78, 5) is 1.37. The van der Waals surface area contributed by atoms with Crippen LogP contribution in [0.3, 0.4) is 0 Å². The van der Waals surface area contributed by atoms with E-state index in [0.29, 0.717) is 12.0 Å². The average Bonchev–Trinajstić information content (AvgIpc) is 3.06. The predicted molar refractivity (Wildman–Crippen MR) is 75.7 cm³/mol. The minimum Gasteiger partial charge on any atom is -0.309 e. The SMILES string of the molecule is CC(C)c1c(CNC2CC2)sc2cc(F)ccc12. The van der Waals surface area contributed by atoms with Crippen molar-refractivity contribution in [2.24, 2.45) is 0 Å². The number of nitrogens with one attached hydrogen (secondary N) is 1. The standard InChI is InChI=1S/C15H18FNS/c1-9(2)15-12-6-3-10(16)7-13(12)18-14(15)8-17-11-4-5-11/h3,6-7,9,11,17H,4-5,8H2,1-2H3. The number of thiophene rings is 1. The van der Waals surface area contributed by atoms with Gasteiger partial charge >= 0.3 is 0 Å². The highest BCUT2D eigenvalue weighted by Gasteiger charge is 2.22. The van der Waals surface area contributed by atoms with Gasteiger partial charge in [-0.3, -0.25) is 0 Å². The van der Waals surface area contributed by atoms with E-state index in [9.17, 15) is 4.39 Å². The summed E-state index contributed by atoms with van der Waals surface area (Å²) in [6.45, 7) is 5.36. The van der Waals surface area contributed by atoms with Gasteiger partial charge in [-0.05, 0) is 41.8 Å². The van der Waals surface area contributed by atoms with E-state index in [-0.39, 0.29) is 5.82 Å². The first-order chi connectivity index (χ1) is 8.65. The topological polar surface area (TPSA) is 12.0 Å². The lowest BCUT2D eigenvalue weighted by Crippen LogP contribution is -2.15. The lowest BCUT2D eigenvalue weighted by atomic mass is 9.99. The van der Waals surface area contributed by atoms with Gasteiger partial charge in [-0.1, -0.05) is 19.9 Å². The highest BCUT2D eigenvalue weighted by atomic mass is 32.1. The molecule has 1 aliphatic rings. The number of hydrogen-bond acceptors (Lipinski definition) is 2. The third-order valence-corrected chi connectivity index (χ3v) is 4.64. The molecule has 18 heavy (non-hydrogen) atoms. The molecule has 1 aromatic carbocycles. The maximum Gasteiger partial charge on any atom is 0.124 e. The van der Waals surface area contributed by atoms with Crippen molar-refractivity contribution < 1.29 is 4.39 Å². The van der Waals surface area contributed by atoms with Crippen LogP contribution >= 0.6 is 11.3 Å². The molecule has 1 aromatic heterocycles. The Kier molecular flexibility index (Phi) is 3.12. The van der Waals surface area contributed by atoms with Gasteiger partial charge in [0.1, 0.15) is 5.82 Å². The third kappa shape index (κ3) is 2.29. The van der Waals surface area contributed by atoms with Crippen molar-refractivity contribution in [2.45, 2.75) is 45.2 Å². The van der Waals surface area contributed by atoms with Crippen molar-refractivity contribution in [1.29, 1.82) is 0 Å². The first-order valence-electron chi connectivity index (χ1n) is 6.59. The van der Waals surface area contributed by atoms with Crippen molar-refractivity contribution in [1.82, 2.24) is 5.32 Å². The molecule has 0 amide bonds. The molecule has 0 atom stereocenters. The van der Waals surface area contributed by atoms with Gasteiger partial charge in [-0.2, -0.15) is 0 Å². The molecule has 0 aliphatic heterocycles. The summed E-state index contributed by atoms with van der Waals surface area (Å²) in [5.74, 6) is 0.348. The largest absolute Gasteiger partial charge is 0.309 e. The molecule has 1 heterocycles. The van der Waals surface area contributed by atoms with Gasteiger partial charge in [-0.15, -0.1) is 11.3 Å². The van der Waals surface area contributed by atoms with Gasteiger partial charge in [0, 0.05) is 22.2 Å². The lowest BCUT2D eigenvalue weighted by molar-refractivity contribution is 0.630. The minimum absolute atomic E-state index is 0.138. The van der Waals surface area contributed by atoms with Crippen LogP contribution in [0.15, 0.2) is 18.2 Å². The van der Waals surface area contributed by atoms with Crippen LogP contribution in [0, 0.1) is 5.82 Å². The Morgan fingerprint density at radius 2 is 2.17 bits per heavy atom. The second kappa shape index (κ2) is 4.63. The van der Waals surface area contributed by atoms with E-state index in [1.807, 2.05) is 6.07 Å². The fourth-order valence-electron chi connectivity index (χ4n) is 2.43. The molecule has 3 heteroatoms. The Morgan fingerprint density at radius 3 is 2.83 bits per heavy atom. The van der Waals surface area contributed by atoms with E-state index in [1.165, 1.54) is 28.7 Å². The van der Waals surface area contributed by atoms with Gasteiger partial charge in [0.15, 0.2) is 0 Å². The van der Waals surface area contributed by atoms with Crippen molar-refractivity contribution in [3.63, 3.8) is 0 Å². The molecular formula is C15H18FNS. The Labute approximate surface area is 111 Å². The summed E-state index contributed by atoms with van der Waals surface area (Å²) in [5, 5.41) is 4.79. The highest BCUT2D eigenvalue weighted by molar-refractivity contribution is 7.19. The zero-order chi connectivity index (χ0) is 12.7. The van der Waals surface area contributed by atoms with E-state index in [4.69, 9.17) is 0 Å². The number of halogens is 1. The molecule has 0 saturated heterocycles. The molecule has 0 bridgehead atoms. The molecule has 1 N–H and O–H groups in total. The van der Waals surface area contributed by atoms with Gasteiger partial charge in [0.25, 0.3) is 0 Å². The van der Waals surface area contributed by atoms with Crippen LogP contribution < -0.4 is 5.32 Å². The molecule has 96 valence electrons. The van der Waals surface area contributed by atoms with E-state index in [2.05, 4.69) is 19.2 Å². The molecule has 0 radical (unpaired) electrons. The lowest BCUT2D eigenvalue weighted by Gasteiger charge is -2.08. The maximum absolute atomic E-state index is 13.3. The summed E-state index contributed by atoms with van der Waals surface area (Å²) in [7, 11) is 0. The number of benzene rings is 1. The fraction of sp³-hybridized carbons (Fsp3) is 0.467. The average molecular weight is 263 g/mol. The molecule has 0 unspecified atom stereocenters. The molecule has 1 saturated carbocycles. The van der Waals surface area contributed by atoms with E-state index in [1.54, 1.807) is 23.5 Å². The molecule has 3 rings (SSSR count). The van der Waals surface area contributed by atoms with Crippen LogP contribution in [0.4, 0.5) is 4.39 Å². The quantitative estimate of drug-likeness (QED) is 0.861. The predicted octanol–water partition coefficient (Wildman–Crippen LogP) is 4.42. The van der Waals surface area contributed by atoms with E-state index < -0.39 is 0 Å². The Hall–Kier alpha value is -0.930. The van der Waals surface area contributed by atoms with Gasteiger partial charge in [-0.25, -0.2) is 4.39 Å². The van der Waals surface area contributed by atoms with Crippen molar-refractivity contribution in [3.8, 4) is 0 Å². The Morgan fingerprint density at radius 1 is 1.39 bits per heavy atom. The van der Waals surface area contributed by atoms with Gasteiger partial charge in [0.2, 0.25) is 0 Å². The zero-order valence-corrected chi connectivity index (χ0v) is 11.6. The fourth-order valence-corrected chi connectivity index (χ4v) is 3.77. The molecule has 1 nitrogen and oxygen atoms in total. The number of rotatable bonds is 4. The summed E-state index contributed by atoms with van der Waals surface area (Å²) in [5.41, 5.74) is 1.39. The molecule has 0 spiro atoms. The van der Waals surface area contributed by atoms with Crippen LogP contribution in [-0.4, -0.2) is 6.04 Å². The summed E-state index contributed by atoms with van der Waals surface area (Å²) >= 11 is 1.73. The Bertz CT molecular complexity index is 569. The molecule has 1 aliphatic carbocycles. The maximum atomic E-state index is 13.3. The second-order valence-corrected chi connectivity index (χ2v) is 6.53. The molecule has 1 fully saturated rings. The Balaban J connectivity index is 2.01. The minimum atomic E-state index is -0.138. The van der Waals surface area contributed by atoms with Crippen LogP contribution in [0.5, 0.6) is 0 Å². The van der Waals surface area contributed by atoms with Gasteiger partial charge in [0.05, 0.1) is 0 Å². The number of fused-ring (bicyclic) bond motifs is 1. The second-order valence-electron chi connectivity index (χ2n) is 5.39. The molecular weight excluding hydrogens is 245 g/mol. The van der Waals surface area contributed by atoms with Crippen molar-refractivity contribution in [3.05, 3.63) is 34.5 Å². The summed E-state index contributed by atoms with van der Waals surface area (Å²) < 4.78 is 14.4. The first-order valence-corrected chi connectivity index (χ1v) is 7.41. The summed E-state index contributed by atoms with van der Waals surface area (Å²) in [6, 6.07) is 5.87. The zero-order valence-electron chi connectivity index (χ0n) is 10.8. The normalized spacial score (nSPS) is 15.8. The van der Waals surface area contributed by atoms with Crippen molar-refractivity contribution in [2.75, 3.05) is 0 Å². The van der Waals surface area contributed by atoms with E-state index >= 15 is 0 Å². The van der Waals surface area contributed by atoms with Crippen LogP contribution in [-0.2, 0) is 6.54 Å². The molecule has 2 aromatic rings. The first kappa shape index (κ1) is 12.1. The van der Waals surface area contributed by atoms with E-state index in [0.717, 1.165) is 11.2 Å². The van der Waals surface area contributed by atoms with Crippen molar-refractivity contribution >= 4 is 21.4 Å². The third-order valence-electron chi connectivity index (χ3n) is 3.47. The summed E-state index contributed by atoms with van der Waals surface area (Å²) in [6.07, 6.45) is 2.60. The number of hydrogen-bond donors (Lipinski definition) is 1.